The van der Waals surface area contributed by atoms with Crippen LogP contribution in [0.5, 0.6) is 11.5 Å². The number of nitrogen functional groups attached to an aromatic ring is 1. The van der Waals surface area contributed by atoms with Crippen molar-refractivity contribution in [3.63, 3.8) is 0 Å². The molecule has 230 valence electrons. The largest absolute Gasteiger partial charge is 0.497 e. The second kappa shape index (κ2) is 15.3. The first-order valence-corrected chi connectivity index (χ1v) is 14.2. The van der Waals surface area contributed by atoms with Crippen LogP contribution in [0.25, 0.3) is 0 Å². The minimum Gasteiger partial charge on any atom is -0.497 e. The van der Waals surface area contributed by atoms with Gasteiger partial charge in [-0.15, -0.1) is 24.8 Å². The van der Waals surface area contributed by atoms with Gasteiger partial charge in [-0.2, -0.15) is 0 Å². The maximum Gasteiger partial charge on any atom is 0.319 e. The van der Waals surface area contributed by atoms with Gasteiger partial charge in [0.2, 0.25) is 0 Å². The first-order chi connectivity index (χ1) is 19.2. The monoisotopic (exact) mass is 616 g/mol. The first kappa shape index (κ1) is 34.9. The van der Waals surface area contributed by atoms with Gasteiger partial charge in [-0.25, -0.2) is 4.79 Å². The Labute approximate surface area is 263 Å². The summed E-state index contributed by atoms with van der Waals surface area (Å²) in [6.45, 7) is 10.8. The van der Waals surface area contributed by atoms with E-state index in [1.165, 1.54) is 11.3 Å². The highest BCUT2D eigenvalue weighted by Crippen LogP contribution is 2.39. The summed E-state index contributed by atoms with van der Waals surface area (Å²) in [6, 6.07) is 20.2. The van der Waals surface area contributed by atoms with Crippen LogP contribution >= 0.6 is 24.8 Å². The van der Waals surface area contributed by atoms with E-state index in [1.807, 2.05) is 36.4 Å². The fourth-order valence-electron chi connectivity index (χ4n) is 5.68. The second-order valence-electron chi connectivity index (χ2n) is 11.4. The van der Waals surface area contributed by atoms with Crippen molar-refractivity contribution in [3.05, 3.63) is 77.4 Å². The molecule has 0 aromatic heterocycles. The molecule has 1 saturated heterocycles. The number of hydrogen-bond donors (Lipinski definition) is 3. The molecule has 0 bridgehead atoms. The van der Waals surface area contributed by atoms with Crippen molar-refractivity contribution in [2.24, 2.45) is 0 Å². The van der Waals surface area contributed by atoms with E-state index in [1.54, 1.807) is 14.2 Å². The molecular weight excluding hydrogens is 571 g/mol. The highest BCUT2D eigenvalue weighted by atomic mass is 35.5. The zero-order valence-corrected chi connectivity index (χ0v) is 27.2. The number of benzene rings is 3. The van der Waals surface area contributed by atoms with Crippen LogP contribution < -0.4 is 30.7 Å². The number of carbonyl (C=O) groups is 1. The zero-order chi connectivity index (χ0) is 28.9. The number of amides is 2. The number of nitrogens with zero attached hydrogens (tertiary/aromatic N) is 1. The standard InChI is InChI=1S/C33H44N4O3.2ClH/c1-22(2)29-19-25(34)20-30(23(3)4)31(29)36-32(38)35-21-33(24-8-7-9-28(18-24)40-6)14-16-37(17-15-33)26-10-12-27(39-5)13-11-26;;/h7-13,18-20,22-23H,14-17,21,34H2,1-6H3,(H2,35,36,38);2*1H. The van der Waals surface area contributed by atoms with E-state index in [-0.39, 0.29) is 48.1 Å². The molecule has 4 rings (SSSR count). The molecule has 2 amide bonds. The highest BCUT2D eigenvalue weighted by molar-refractivity contribution is 5.92. The van der Waals surface area contributed by atoms with Crippen LogP contribution in [0.1, 0.15) is 69.1 Å². The molecule has 1 heterocycles. The van der Waals surface area contributed by atoms with Gasteiger partial charge in [0.05, 0.1) is 14.2 Å². The summed E-state index contributed by atoms with van der Waals surface area (Å²) in [5.74, 6) is 2.12. The molecule has 1 fully saturated rings. The molecule has 3 aromatic rings. The number of piperidine rings is 1. The van der Waals surface area contributed by atoms with Gasteiger partial charge in [-0.05, 0) is 89.9 Å². The molecule has 1 aliphatic heterocycles. The number of carbonyl (C=O) groups excluding carboxylic acids is 1. The molecule has 9 heteroatoms. The van der Waals surface area contributed by atoms with Gasteiger partial charge in [0.25, 0.3) is 0 Å². The maximum atomic E-state index is 13.4. The third-order valence-corrected chi connectivity index (χ3v) is 8.13. The summed E-state index contributed by atoms with van der Waals surface area (Å²) in [5.41, 5.74) is 12.0. The normalized spacial score (nSPS) is 14.0. The number of nitrogens with two attached hydrogens (primary N) is 1. The molecule has 0 spiro atoms. The van der Waals surface area contributed by atoms with E-state index in [9.17, 15) is 4.79 Å². The second-order valence-corrected chi connectivity index (χ2v) is 11.4. The average Bonchev–Trinajstić information content (AvgIpc) is 2.97. The quantitative estimate of drug-likeness (QED) is 0.214. The molecule has 1 aliphatic rings. The zero-order valence-electron chi connectivity index (χ0n) is 25.5. The Kier molecular flexibility index (Phi) is 12.7. The van der Waals surface area contributed by atoms with Gasteiger partial charge >= 0.3 is 6.03 Å². The van der Waals surface area contributed by atoms with E-state index >= 15 is 0 Å². The lowest BCUT2D eigenvalue weighted by Crippen LogP contribution is -2.49. The average molecular weight is 618 g/mol. The number of nitrogens with one attached hydrogen (secondary N) is 2. The lowest BCUT2D eigenvalue weighted by molar-refractivity contribution is 0.244. The number of hydrogen-bond acceptors (Lipinski definition) is 5. The van der Waals surface area contributed by atoms with Crippen molar-refractivity contribution in [1.29, 1.82) is 0 Å². The molecular formula is C33H46Cl2N4O3. The van der Waals surface area contributed by atoms with Gasteiger partial charge in [0.15, 0.2) is 0 Å². The van der Waals surface area contributed by atoms with Gasteiger partial charge in [-0.3, -0.25) is 0 Å². The summed E-state index contributed by atoms with van der Waals surface area (Å²) < 4.78 is 10.9. The summed E-state index contributed by atoms with van der Waals surface area (Å²) in [7, 11) is 3.37. The van der Waals surface area contributed by atoms with Crippen LogP contribution in [0.2, 0.25) is 0 Å². The Balaban J connectivity index is 0.00000308. The predicted molar refractivity (Wildman–Crippen MR) is 180 cm³/mol. The van der Waals surface area contributed by atoms with Crippen LogP contribution in [-0.2, 0) is 5.41 Å². The Hall–Kier alpha value is -3.29. The van der Waals surface area contributed by atoms with Crippen molar-refractivity contribution in [1.82, 2.24) is 5.32 Å². The lowest BCUT2D eigenvalue weighted by atomic mass is 9.72. The fraction of sp³-hybridized carbons (Fsp3) is 0.424. The molecule has 7 nitrogen and oxygen atoms in total. The van der Waals surface area contributed by atoms with Crippen molar-refractivity contribution in [2.75, 3.05) is 49.8 Å². The number of rotatable bonds is 9. The van der Waals surface area contributed by atoms with E-state index in [4.69, 9.17) is 15.2 Å². The first-order valence-electron chi connectivity index (χ1n) is 14.2. The van der Waals surface area contributed by atoms with Crippen molar-refractivity contribution >= 4 is 47.9 Å². The molecule has 0 atom stereocenters. The van der Waals surface area contributed by atoms with Gasteiger partial charge in [-0.1, -0.05) is 39.8 Å². The minimum absolute atomic E-state index is 0. The van der Waals surface area contributed by atoms with Crippen LogP contribution in [-0.4, -0.2) is 39.9 Å². The Morgan fingerprint density at radius 3 is 1.98 bits per heavy atom. The number of urea groups is 1. The topological polar surface area (TPSA) is 88.9 Å². The lowest BCUT2D eigenvalue weighted by Gasteiger charge is -2.43. The molecule has 0 unspecified atom stereocenters. The Bertz CT molecular complexity index is 1280. The van der Waals surface area contributed by atoms with Crippen molar-refractivity contribution in [3.8, 4) is 11.5 Å². The maximum absolute atomic E-state index is 13.4. The van der Waals surface area contributed by atoms with Gasteiger partial charge < -0.3 is 30.7 Å². The van der Waals surface area contributed by atoms with Crippen LogP contribution in [0, 0.1) is 0 Å². The molecule has 0 saturated carbocycles. The third-order valence-electron chi connectivity index (χ3n) is 8.13. The summed E-state index contributed by atoms with van der Waals surface area (Å²) in [4.78, 5) is 15.8. The smallest absolute Gasteiger partial charge is 0.319 e. The molecule has 0 aliphatic carbocycles. The number of ether oxygens (including phenoxy) is 2. The van der Waals surface area contributed by atoms with Gasteiger partial charge in [0, 0.05) is 42.1 Å². The molecule has 3 aromatic carbocycles. The molecule has 0 radical (unpaired) electrons. The molecule has 42 heavy (non-hydrogen) atoms. The van der Waals surface area contributed by atoms with E-state index in [0.29, 0.717) is 6.54 Å². The predicted octanol–water partition coefficient (Wildman–Crippen LogP) is 7.74. The minimum atomic E-state index is -0.224. The number of halogens is 2. The number of anilines is 3. The van der Waals surface area contributed by atoms with Crippen molar-refractivity contribution in [2.45, 2.75) is 57.8 Å². The van der Waals surface area contributed by atoms with E-state index in [0.717, 1.165) is 59.9 Å². The summed E-state index contributed by atoms with van der Waals surface area (Å²) >= 11 is 0. The molecule has 4 N–H and O–H groups in total. The van der Waals surface area contributed by atoms with Crippen LogP contribution in [0.15, 0.2) is 60.7 Å². The van der Waals surface area contributed by atoms with E-state index < -0.39 is 0 Å². The SMILES string of the molecule is COc1ccc(N2CCC(CNC(=O)Nc3c(C(C)C)cc(N)cc3C(C)C)(c3cccc(OC)c3)CC2)cc1.Cl.Cl. The van der Waals surface area contributed by atoms with Crippen LogP contribution in [0.4, 0.5) is 21.9 Å². The fourth-order valence-corrected chi connectivity index (χ4v) is 5.68. The third kappa shape index (κ3) is 7.96. The summed E-state index contributed by atoms with van der Waals surface area (Å²) in [5, 5.41) is 6.43. The highest BCUT2D eigenvalue weighted by Gasteiger charge is 2.37. The van der Waals surface area contributed by atoms with Gasteiger partial charge in [0.1, 0.15) is 11.5 Å². The van der Waals surface area contributed by atoms with E-state index in [2.05, 4.69) is 67.5 Å². The summed E-state index contributed by atoms with van der Waals surface area (Å²) in [6.07, 6.45) is 1.78. The Morgan fingerprint density at radius 1 is 0.881 bits per heavy atom. The number of methoxy groups -OCH3 is 2. The van der Waals surface area contributed by atoms with Crippen molar-refractivity contribution < 1.29 is 14.3 Å². The van der Waals surface area contributed by atoms with Crippen LogP contribution in [0.3, 0.4) is 0 Å². The Morgan fingerprint density at radius 2 is 1.45 bits per heavy atom.